The van der Waals surface area contributed by atoms with Gasteiger partial charge in [-0.2, -0.15) is 0 Å². The molecule has 118 valence electrons. The zero-order chi connectivity index (χ0) is 16.6. The molecule has 2 aromatic carbocycles. The van der Waals surface area contributed by atoms with Gasteiger partial charge in [0.05, 0.1) is 0 Å². The van der Waals surface area contributed by atoms with Gasteiger partial charge in [0.2, 0.25) is 0 Å². The van der Waals surface area contributed by atoms with Gasteiger partial charge < -0.3 is 9.84 Å². The number of carbonyl (C=O) groups is 1. The van der Waals surface area contributed by atoms with Crippen LogP contribution in [0.3, 0.4) is 0 Å². The van der Waals surface area contributed by atoms with Gasteiger partial charge in [-0.05, 0) is 24.3 Å². The number of fused-ring (bicyclic) bond motifs is 1. The van der Waals surface area contributed by atoms with E-state index in [4.69, 9.17) is 9.84 Å². The van der Waals surface area contributed by atoms with E-state index < -0.39 is 23.5 Å². The van der Waals surface area contributed by atoms with Crippen LogP contribution in [0, 0.1) is 17.5 Å². The Balaban J connectivity index is 1.98. The lowest BCUT2D eigenvalue weighted by atomic mass is 10.2. The van der Waals surface area contributed by atoms with Crippen LogP contribution in [-0.2, 0) is 6.61 Å². The van der Waals surface area contributed by atoms with Crippen LogP contribution in [0.1, 0.15) is 5.56 Å². The maximum atomic E-state index is 13.6. The molecule has 1 aromatic heterocycles. The Hall–Kier alpha value is -2.96. The molecule has 0 spiro atoms. The first kappa shape index (κ1) is 15.0. The smallest absolute Gasteiger partial charge is 0.416 e. The Labute approximate surface area is 128 Å². The maximum absolute atomic E-state index is 13.6. The van der Waals surface area contributed by atoms with Crippen molar-refractivity contribution in [2.45, 2.75) is 6.61 Å². The molecule has 7 heteroatoms. The number of rotatable bonds is 3. The zero-order valence-electron chi connectivity index (χ0n) is 11.6. The molecule has 1 heterocycles. The molecule has 0 atom stereocenters. The van der Waals surface area contributed by atoms with Crippen LogP contribution in [0.4, 0.5) is 18.0 Å². The molecular weight excluding hydrogens is 311 g/mol. The molecule has 23 heavy (non-hydrogen) atoms. The summed E-state index contributed by atoms with van der Waals surface area (Å²) >= 11 is 0. The molecule has 0 aliphatic carbocycles. The third-order valence-corrected chi connectivity index (χ3v) is 3.32. The van der Waals surface area contributed by atoms with E-state index in [1.54, 1.807) is 0 Å². The van der Waals surface area contributed by atoms with Crippen molar-refractivity contribution in [2.24, 2.45) is 0 Å². The summed E-state index contributed by atoms with van der Waals surface area (Å²) in [6, 6.07) is 6.60. The Morgan fingerprint density at radius 3 is 2.57 bits per heavy atom. The molecule has 3 aromatic rings. The predicted octanol–water partition coefficient (Wildman–Crippen LogP) is 4.16. The average molecular weight is 321 g/mol. The molecule has 0 amide bonds. The standard InChI is InChI=1S/C16H10F3NO3/c17-11-2-1-10(13(19)6-11)8-23-14-7-12(18)5-9-3-4-20(15(9)14)16(21)22/h1-7H,8H2,(H,21,22). The minimum Gasteiger partial charge on any atom is -0.486 e. The number of ether oxygens (including phenoxy) is 1. The van der Waals surface area contributed by atoms with Crippen LogP contribution in [0.2, 0.25) is 0 Å². The molecule has 1 N–H and O–H groups in total. The molecule has 0 aliphatic rings. The summed E-state index contributed by atoms with van der Waals surface area (Å²) in [5, 5.41) is 9.47. The van der Waals surface area contributed by atoms with E-state index in [0.29, 0.717) is 11.5 Å². The Kier molecular flexibility index (Phi) is 3.69. The van der Waals surface area contributed by atoms with Gasteiger partial charge in [-0.1, -0.05) is 0 Å². The number of benzene rings is 2. The first-order valence-corrected chi connectivity index (χ1v) is 6.56. The number of aromatic nitrogens is 1. The third-order valence-electron chi connectivity index (χ3n) is 3.32. The summed E-state index contributed by atoms with van der Waals surface area (Å²) in [5.74, 6) is -2.18. The Morgan fingerprint density at radius 2 is 1.87 bits per heavy atom. The van der Waals surface area contributed by atoms with Crippen molar-refractivity contribution in [3.8, 4) is 5.75 Å². The number of hydrogen-bond acceptors (Lipinski definition) is 2. The first-order valence-electron chi connectivity index (χ1n) is 6.56. The van der Waals surface area contributed by atoms with Gasteiger partial charge in [0.15, 0.2) is 0 Å². The van der Waals surface area contributed by atoms with Crippen LogP contribution < -0.4 is 4.74 Å². The van der Waals surface area contributed by atoms with Crippen molar-refractivity contribution in [1.29, 1.82) is 0 Å². The molecule has 4 nitrogen and oxygen atoms in total. The highest BCUT2D eigenvalue weighted by Gasteiger charge is 2.15. The quantitative estimate of drug-likeness (QED) is 0.788. The Morgan fingerprint density at radius 1 is 1.09 bits per heavy atom. The van der Waals surface area contributed by atoms with Crippen LogP contribution >= 0.6 is 0 Å². The van der Waals surface area contributed by atoms with Gasteiger partial charge in [0.1, 0.15) is 35.3 Å². The number of carboxylic acid groups (broad SMARTS) is 1. The molecule has 0 bridgehead atoms. The monoisotopic (exact) mass is 321 g/mol. The molecule has 0 unspecified atom stereocenters. The minimum atomic E-state index is -1.26. The lowest BCUT2D eigenvalue weighted by molar-refractivity contribution is 0.197. The Bertz CT molecular complexity index is 905. The minimum absolute atomic E-state index is 0.0453. The first-order chi connectivity index (χ1) is 11.0. The fraction of sp³-hybridized carbons (Fsp3) is 0.0625. The number of nitrogens with zero attached hydrogens (tertiary/aromatic N) is 1. The summed E-state index contributed by atoms with van der Waals surface area (Å²) in [6.07, 6.45) is 0.00189. The SMILES string of the molecule is O=C(O)n1ccc2cc(F)cc(OCc3ccc(F)cc3F)c21. The fourth-order valence-corrected chi connectivity index (χ4v) is 2.27. The van der Waals surface area contributed by atoms with E-state index in [2.05, 4.69) is 0 Å². The molecule has 0 aliphatic heterocycles. The van der Waals surface area contributed by atoms with Crippen LogP contribution in [0.5, 0.6) is 5.75 Å². The predicted molar refractivity (Wildman–Crippen MR) is 76.0 cm³/mol. The normalized spacial score (nSPS) is 10.9. The van der Waals surface area contributed by atoms with Crippen molar-refractivity contribution in [1.82, 2.24) is 4.57 Å². The van der Waals surface area contributed by atoms with E-state index >= 15 is 0 Å². The molecule has 0 radical (unpaired) electrons. The second kappa shape index (κ2) is 5.68. The second-order valence-electron chi connectivity index (χ2n) is 4.83. The van der Waals surface area contributed by atoms with Gasteiger partial charge in [-0.15, -0.1) is 0 Å². The van der Waals surface area contributed by atoms with E-state index in [9.17, 15) is 18.0 Å². The van der Waals surface area contributed by atoms with Crippen LogP contribution in [0.15, 0.2) is 42.6 Å². The summed E-state index contributed by atoms with van der Waals surface area (Å²) < 4.78 is 46.3. The molecule has 0 saturated heterocycles. The topological polar surface area (TPSA) is 51.5 Å². The maximum Gasteiger partial charge on any atom is 0.416 e. The van der Waals surface area contributed by atoms with Gasteiger partial charge in [-0.3, -0.25) is 0 Å². The highest BCUT2D eigenvalue weighted by molar-refractivity contribution is 5.93. The largest absolute Gasteiger partial charge is 0.486 e. The summed E-state index contributed by atoms with van der Waals surface area (Å²) in [6.45, 7) is -0.296. The molecular formula is C16H10F3NO3. The molecule has 0 fully saturated rings. The second-order valence-corrected chi connectivity index (χ2v) is 4.83. The van der Waals surface area contributed by atoms with E-state index in [-0.39, 0.29) is 23.4 Å². The molecule has 3 rings (SSSR count). The highest BCUT2D eigenvalue weighted by Crippen LogP contribution is 2.29. The lowest BCUT2D eigenvalue weighted by Crippen LogP contribution is -2.07. The van der Waals surface area contributed by atoms with Gasteiger partial charge in [-0.25, -0.2) is 22.5 Å². The van der Waals surface area contributed by atoms with Crippen molar-refractivity contribution >= 4 is 17.0 Å². The highest BCUT2D eigenvalue weighted by atomic mass is 19.1. The lowest BCUT2D eigenvalue weighted by Gasteiger charge is -2.10. The van der Waals surface area contributed by atoms with Crippen molar-refractivity contribution in [3.05, 3.63) is 65.6 Å². The average Bonchev–Trinajstić information content (AvgIpc) is 2.90. The van der Waals surface area contributed by atoms with E-state index in [1.807, 2.05) is 0 Å². The molecule has 0 saturated carbocycles. The third kappa shape index (κ3) is 2.85. The van der Waals surface area contributed by atoms with Gasteiger partial charge in [0.25, 0.3) is 0 Å². The van der Waals surface area contributed by atoms with Crippen molar-refractivity contribution in [3.63, 3.8) is 0 Å². The van der Waals surface area contributed by atoms with Crippen LogP contribution in [0.25, 0.3) is 10.9 Å². The summed E-state index contributed by atoms with van der Waals surface area (Å²) in [5.41, 5.74) is 0.221. The number of halogens is 3. The summed E-state index contributed by atoms with van der Waals surface area (Å²) in [7, 11) is 0. The van der Waals surface area contributed by atoms with E-state index in [1.165, 1.54) is 24.4 Å². The van der Waals surface area contributed by atoms with Gasteiger partial charge >= 0.3 is 6.09 Å². The number of hydrogen-bond donors (Lipinski definition) is 1. The van der Waals surface area contributed by atoms with Crippen molar-refractivity contribution in [2.75, 3.05) is 0 Å². The van der Waals surface area contributed by atoms with E-state index in [0.717, 1.165) is 16.7 Å². The summed E-state index contributed by atoms with van der Waals surface area (Å²) in [4.78, 5) is 11.2. The van der Waals surface area contributed by atoms with Crippen LogP contribution in [-0.4, -0.2) is 15.8 Å². The van der Waals surface area contributed by atoms with Gasteiger partial charge in [0, 0.05) is 29.3 Å². The van der Waals surface area contributed by atoms with Crippen molar-refractivity contribution < 1.29 is 27.8 Å². The fourth-order valence-electron chi connectivity index (χ4n) is 2.27. The zero-order valence-corrected chi connectivity index (χ0v) is 11.6.